The van der Waals surface area contributed by atoms with Crippen molar-refractivity contribution in [2.45, 2.75) is 25.9 Å². The van der Waals surface area contributed by atoms with E-state index in [4.69, 9.17) is 0 Å². The molecule has 0 fully saturated rings. The normalized spacial score (nSPS) is 11.6. The van der Waals surface area contributed by atoms with Gasteiger partial charge >= 0.3 is 6.18 Å². The minimum Gasteiger partial charge on any atom is -0.299 e. The molecule has 0 atom stereocenters. The molecule has 1 aromatic carbocycles. The molecule has 0 aromatic heterocycles. The number of Topliss-reactive ketones (excluding diaryl/α,β-unsaturated/α-hetero) is 1. The monoisotopic (exact) mass is 234 g/mol. The summed E-state index contributed by atoms with van der Waals surface area (Å²) < 4.78 is 49.8. The van der Waals surface area contributed by atoms with Gasteiger partial charge < -0.3 is 0 Å². The van der Waals surface area contributed by atoms with Gasteiger partial charge in [-0.1, -0.05) is 13.0 Å². The average molecular weight is 234 g/mol. The number of benzene rings is 1. The largest absolute Gasteiger partial charge is 0.416 e. The van der Waals surface area contributed by atoms with Crippen LogP contribution >= 0.6 is 0 Å². The average Bonchev–Trinajstić information content (AvgIpc) is 2.19. The van der Waals surface area contributed by atoms with E-state index in [1.54, 1.807) is 6.92 Å². The fourth-order valence-corrected chi connectivity index (χ4v) is 1.20. The second-order valence-electron chi connectivity index (χ2n) is 3.37. The van der Waals surface area contributed by atoms with Crippen LogP contribution in [0, 0.1) is 5.82 Å². The Morgan fingerprint density at radius 3 is 2.38 bits per heavy atom. The van der Waals surface area contributed by atoms with E-state index in [9.17, 15) is 22.4 Å². The van der Waals surface area contributed by atoms with Crippen LogP contribution in [-0.4, -0.2) is 5.78 Å². The quantitative estimate of drug-likeness (QED) is 0.733. The van der Waals surface area contributed by atoms with Gasteiger partial charge in [-0.25, -0.2) is 4.39 Å². The second kappa shape index (κ2) is 4.63. The van der Waals surface area contributed by atoms with Crippen molar-refractivity contribution in [3.8, 4) is 0 Å². The molecule has 0 spiro atoms. The standard InChI is InChI=1S/C11H10F4O/c1-2-9(16)5-7-3-4-8(6-10(7)12)11(13,14)15/h3-4,6H,2,5H2,1H3. The molecule has 16 heavy (non-hydrogen) atoms. The minimum atomic E-state index is -4.56. The van der Waals surface area contributed by atoms with E-state index in [1.807, 2.05) is 0 Å². The molecule has 0 amide bonds. The first-order valence-electron chi connectivity index (χ1n) is 4.72. The topological polar surface area (TPSA) is 17.1 Å². The van der Waals surface area contributed by atoms with Gasteiger partial charge in [0.05, 0.1) is 5.56 Å². The highest BCUT2D eigenvalue weighted by Gasteiger charge is 2.31. The lowest BCUT2D eigenvalue weighted by molar-refractivity contribution is -0.137. The Morgan fingerprint density at radius 1 is 1.31 bits per heavy atom. The van der Waals surface area contributed by atoms with E-state index in [0.717, 1.165) is 12.1 Å². The number of hydrogen-bond donors (Lipinski definition) is 0. The van der Waals surface area contributed by atoms with Crippen LogP contribution in [0.15, 0.2) is 18.2 Å². The van der Waals surface area contributed by atoms with Gasteiger partial charge in [0.15, 0.2) is 0 Å². The Morgan fingerprint density at radius 2 is 1.94 bits per heavy atom. The summed E-state index contributed by atoms with van der Waals surface area (Å²) in [6.45, 7) is 1.62. The van der Waals surface area contributed by atoms with Crippen molar-refractivity contribution in [1.82, 2.24) is 0 Å². The molecule has 0 bridgehead atoms. The molecular formula is C11H10F4O. The van der Waals surface area contributed by atoms with Crippen molar-refractivity contribution >= 4 is 5.78 Å². The number of carbonyl (C=O) groups is 1. The molecule has 0 aliphatic heterocycles. The fourth-order valence-electron chi connectivity index (χ4n) is 1.20. The van der Waals surface area contributed by atoms with E-state index in [-0.39, 0.29) is 24.2 Å². The third-order valence-electron chi connectivity index (χ3n) is 2.16. The first-order valence-corrected chi connectivity index (χ1v) is 4.72. The smallest absolute Gasteiger partial charge is 0.299 e. The van der Waals surface area contributed by atoms with E-state index in [2.05, 4.69) is 0 Å². The summed E-state index contributed by atoms with van der Waals surface area (Å²) in [5.74, 6) is -1.20. The summed E-state index contributed by atoms with van der Waals surface area (Å²) in [5, 5.41) is 0. The number of hydrogen-bond acceptors (Lipinski definition) is 1. The highest BCUT2D eigenvalue weighted by atomic mass is 19.4. The van der Waals surface area contributed by atoms with Crippen LogP contribution in [0.1, 0.15) is 24.5 Å². The number of halogens is 4. The van der Waals surface area contributed by atoms with E-state index >= 15 is 0 Å². The predicted octanol–water partition coefficient (Wildman–Crippen LogP) is 3.37. The highest BCUT2D eigenvalue weighted by Crippen LogP contribution is 2.30. The lowest BCUT2D eigenvalue weighted by atomic mass is 10.0. The molecule has 0 unspecified atom stereocenters. The molecule has 0 aliphatic carbocycles. The minimum absolute atomic E-state index is 0.000139. The van der Waals surface area contributed by atoms with Gasteiger partial charge in [0, 0.05) is 12.8 Å². The number of alkyl halides is 3. The highest BCUT2D eigenvalue weighted by molar-refractivity contribution is 5.80. The Labute approximate surface area is 90.1 Å². The molecular weight excluding hydrogens is 224 g/mol. The molecule has 0 radical (unpaired) electrons. The maximum atomic E-state index is 13.2. The van der Waals surface area contributed by atoms with Crippen LogP contribution in [0.5, 0.6) is 0 Å². The SMILES string of the molecule is CCC(=O)Cc1ccc(C(F)(F)F)cc1F. The third kappa shape index (κ3) is 3.05. The van der Waals surface area contributed by atoms with Crippen molar-refractivity contribution < 1.29 is 22.4 Å². The van der Waals surface area contributed by atoms with Gasteiger partial charge in [-0.2, -0.15) is 13.2 Å². The molecule has 0 N–H and O–H groups in total. The summed E-state index contributed by atoms with van der Waals surface area (Å²) in [5.41, 5.74) is -1.04. The van der Waals surface area contributed by atoms with Crippen LogP contribution in [0.25, 0.3) is 0 Å². The number of ketones is 1. The first kappa shape index (κ1) is 12.7. The molecule has 0 heterocycles. The molecule has 88 valence electrons. The number of carbonyl (C=O) groups excluding carboxylic acids is 1. The predicted molar refractivity (Wildman–Crippen MR) is 50.4 cm³/mol. The zero-order chi connectivity index (χ0) is 12.3. The van der Waals surface area contributed by atoms with Crippen molar-refractivity contribution in [3.05, 3.63) is 35.1 Å². The lowest BCUT2D eigenvalue weighted by Gasteiger charge is -2.08. The zero-order valence-corrected chi connectivity index (χ0v) is 8.57. The van der Waals surface area contributed by atoms with Crippen LogP contribution < -0.4 is 0 Å². The van der Waals surface area contributed by atoms with Crippen LogP contribution in [0.2, 0.25) is 0 Å². The van der Waals surface area contributed by atoms with Crippen molar-refractivity contribution in [1.29, 1.82) is 0 Å². The molecule has 1 rings (SSSR count). The molecule has 5 heteroatoms. The molecule has 1 nitrogen and oxygen atoms in total. The van der Waals surface area contributed by atoms with Gasteiger partial charge in [0.2, 0.25) is 0 Å². The zero-order valence-electron chi connectivity index (χ0n) is 8.57. The van der Waals surface area contributed by atoms with Crippen molar-refractivity contribution in [3.63, 3.8) is 0 Å². The first-order chi connectivity index (χ1) is 7.34. The fraction of sp³-hybridized carbons (Fsp3) is 0.364. The summed E-state index contributed by atoms with van der Waals surface area (Å²) >= 11 is 0. The van der Waals surface area contributed by atoms with E-state index < -0.39 is 17.6 Å². The molecule has 0 saturated carbocycles. The second-order valence-corrected chi connectivity index (χ2v) is 3.37. The third-order valence-corrected chi connectivity index (χ3v) is 2.16. The van der Waals surface area contributed by atoms with Gasteiger partial charge in [0.25, 0.3) is 0 Å². The van der Waals surface area contributed by atoms with Gasteiger partial charge in [-0.3, -0.25) is 4.79 Å². The van der Waals surface area contributed by atoms with Crippen LogP contribution in [0.4, 0.5) is 17.6 Å². The van der Waals surface area contributed by atoms with Gasteiger partial charge in [0.1, 0.15) is 11.6 Å². The Hall–Kier alpha value is -1.39. The summed E-state index contributed by atoms with van der Waals surface area (Å²) in [6, 6.07) is 2.20. The van der Waals surface area contributed by atoms with Crippen molar-refractivity contribution in [2.24, 2.45) is 0 Å². The Bertz CT molecular complexity index is 395. The van der Waals surface area contributed by atoms with Gasteiger partial charge in [-0.15, -0.1) is 0 Å². The van der Waals surface area contributed by atoms with Gasteiger partial charge in [-0.05, 0) is 17.7 Å². The lowest BCUT2D eigenvalue weighted by Crippen LogP contribution is -2.08. The summed E-state index contributed by atoms with van der Waals surface area (Å²) in [4.78, 5) is 11.0. The summed E-state index contributed by atoms with van der Waals surface area (Å²) in [7, 11) is 0. The maximum absolute atomic E-state index is 13.2. The molecule has 0 saturated heterocycles. The summed E-state index contributed by atoms with van der Waals surface area (Å²) in [6.07, 6.45) is -4.49. The molecule has 0 aliphatic rings. The van der Waals surface area contributed by atoms with Crippen LogP contribution in [0.3, 0.4) is 0 Å². The van der Waals surface area contributed by atoms with E-state index in [0.29, 0.717) is 6.07 Å². The van der Waals surface area contributed by atoms with Crippen molar-refractivity contribution in [2.75, 3.05) is 0 Å². The van der Waals surface area contributed by atoms with Crippen LogP contribution in [-0.2, 0) is 17.4 Å². The molecule has 1 aromatic rings. The van der Waals surface area contributed by atoms with E-state index in [1.165, 1.54) is 0 Å². The Kier molecular flexibility index (Phi) is 3.67. The maximum Gasteiger partial charge on any atom is 0.416 e. The number of rotatable bonds is 3. The Balaban J connectivity index is 2.96.